The van der Waals surface area contributed by atoms with Crippen molar-refractivity contribution in [1.82, 2.24) is 24.8 Å². The van der Waals surface area contributed by atoms with Gasteiger partial charge in [0.25, 0.3) is 5.91 Å². The molecule has 1 amide bonds. The van der Waals surface area contributed by atoms with Crippen LogP contribution in [0.2, 0.25) is 0 Å². The van der Waals surface area contributed by atoms with Gasteiger partial charge in [0, 0.05) is 67.4 Å². The summed E-state index contributed by atoms with van der Waals surface area (Å²) in [5, 5.41) is 0. The van der Waals surface area contributed by atoms with Gasteiger partial charge in [0.2, 0.25) is 5.95 Å². The van der Waals surface area contributed by atoms with Crippen LogP contribution in [0.4, 0.5) is 5.95 Å². The van der Waals surface area contributed by atoms with Crippen LogP contribution in [-0.2, 0) is 0 Å². The van der Waals surface area contributed by atoms with Crippen molar-refractivity contribution < 1.29 is 4.79 Å². The Morgan fingerprint density at radius 3 is 2.30 bits per heavy atom. The van der Waals surface area contributed by atoms with E-state index in [2.05, 4.69) is 21.8 Å². The Labute approximate surface area is 176 Å². The first-order chi connectivity index (χ1) is 14.5. The van der Waals surface area contributed by atoms with Gasteiger partial charge < -0.3 is 14.8 Å². The number of nitrogens with zero attached hydrogens (tertiary/aromatic N) is 5. The van der Waals surface area contributed by atoms with Gasteiger partial charge in [-0.25, -0.2) is 15.0 Å². The summed E-state index contributed by atoms with van der Waals surface area (Å²) in [4.78, 5) is 34.5. The smallest absolute Gasteiger partial charge is 0.254 e. The quantitative estimate of drug-likeness (QED) is 0.729. The molecule has 7 nitrogen and oxygen atoms in total. The molecule has 154 valence electrons. The lowest BCUT2D eigenvalue weighted by Gasteiger charge is -2.23. The summed E-state index contributed by atoms with van der Waals surface area (Å²) in [5.41, 5.74) is 4.80. The number of amides is 1. The topological polar surface area (TPSA) is 78.0 Å². The number of rotatable bonds is 3. The number of aromatic nitrogens is 4. The van der Waals surface area contributed by atoms with Crippen LogP contribution in [-0.4, -0.2) is 56.9 Å². The molecule has 2 aromatic heterocycles. The monoisotopic (exact) mass is 402 g/mol. The molecule has 0 radical (unpaired) electrons. The molecule has 0 aliphatic carbocycles. The van der Waals surface area contributed by atoms with E-state index in [1.165, 1.54) is 0 Å². The molecule has 2 unspecified atom stereocenters. The highest BCUT2D eigenvalue weighted by Gasteiger charge is 2.42. The molecule has 2 aliphatic rings. The molecule has 1 N–H and O–H groups in total. The number of fused-ring (bicyclic) bond motifs is 1. The number of benzene rings is 1. The van der Waals surface area contributed by atoms with Gasteiger partial charge in [-0.15, -0.1) is 0 Å². The number of nitrogens with one attached hydrogen (secondary N) is 1. The lowest BCUT2D eigenvalue weighted by atomic mass is 10.0. The summed E-state index contributed by atoms with van der Waals surface area (Å²) in [7, 11) is 0. The van der Waals surface area contributed by atoms with Crippen molar-refractivity contribution in [3.05, 3.63) is 59.2 Å². The number of H-pyrrole nitrogens is 1. The van der Waals surface area contributed by atoms with Crippen molar-refractivity contribution in [3.63, 3.8) is 0 Å². The molecular formula is C23H26N6O. The first kappa shape index (κ1) is 18.8. The van der Waals surface area contributed by atoms with Crippen LogP contribution < -0.4 is 4.90 Å². The van der Waals surface area contributed by atoms with Gasteiger partial charge in [-0.3, -0.25) is 4.79 Å². The zero-order valence-corrected chi connectivity index (χ0v) is 17.6. The highest BCUT2D eigenvalue weighted by atomic mass is 16.2. The number of carbonyl (C=O) groups is 1. The van der Waals surface area contributed by atoms with Gasteiger partial charge in [0.15, 0.2) is 0 Å². The Morgan fingerprint density at radius 2 is 1.67 bits per heavy atom. The predicted molar refractivity (Wildman–Crippen MR) is 115 cm³/mol. The van der Waals surface area contributed by atoms with E-state index in [0.29, 0.717) is 17.4 Å². The number of hydrogen-bond donors (Lipinski definition) is 1. The Morgan fingerprint density at radius 1 is 1.00 bits per heavy atom. The molecular weight excluding hydrogens is 376 g/mol. The standard InChI is InChI=1S/C23H26N6O/c1-14-15(2)26-23(27-16(14)3)29-12-17-10-28(11-18(17)13-29)22(30)20-7-5-4-6-19(20)21-24-8-9-25-21/h4-9,17-18H,10-13H2,1-3H3,(H,24,25). The van der Waals surface area contributed by atoms with Crippen LogP contribution in [0.1, 0.15) is 27.3 Å². The minimum absolute atomic E-state index is 0.0845. The highest BCUT2D eigenvalue weighted by Crippen LogP contribution is 2.34. The SMILES string of the molecule is Cc1nc(N2CC3CN(C(=O)c4ccccc4-c4ncc[nH]4)CC3C2)nc(C)c1C. The van der Waals surface area contributed by atoms with E-state index in [1.54, 1.807) is 12.4 Å². The first-order valence-electron chi connectivity index (χ1n) is 10.5. The molecule has 2 saturated heterocycles. The highest BCUT2D eigenvalue weighted by molar-refractivity contribution is 6.00. The average Bonchev–Trinajstić information content (AvgIpc) is 3.47. The summed E-state index contributed by atoms with van der Waals surface area (Å²) in [6, 6.07) is 7.70. The number of likely N-dealkylation sites (tertiary alicyclic amines) is 1. The Bertz CT molecular complexity index is 1060. The van der Waals surface area contributed by atoms with Crippen LogP contribution in [0, 0.1) is 32.6 Å². The second kappa shape index (κ2) is 7.23. The molecule has 2 fully saturated rings. The van der Waals surface area contributed by atoms with E-state index < -0.39 is 0 Å². The third kappa shape index (κ3) is 3.14. The van der Waals surface area contributed by atoms with Crippen LogP contribution in [0.25, 0.3) is 11.4 Å². The van der Waals surface area contributed by atoms with E-state index >= 15 is 0 Å². The van der Waals surface area contributed by atoms with Crippen molar-refractivity contribution in [3.8, 4) is 11.4 Å². The van der Waals surface area contributed by atoms with Crippen molar-refractivity contribution in [2.24, 2.45) is 11.8 Å². The van der Waals surface area contributed by atoms with E-state index in [0.717, 1.165) is 60.5 Å². The fraction of sp³-hybridized carbons (Fsp3) is 0.391. The minimum Gasteiger partial charge on any atom is -0.345 e. The number of aryl methyl sites for hydroxylation is 2. The second-order valence-corrected chi connectivity index (χ2v) is 8.44. The molecule has 2 atom stereocenters. The fourth-order valence-corrected chi connectivity index (χ4v) is 4.68. The fourth-order valence-electron chi connectivity index (χ4n) is 4.68. The van der Waals surface area contributed by atoms with Gasteiger partial charge in [0.1, 0.15) is 5.82 Å². The Balaban J connectivity index is 1.32. The second-order valence-electron chi connectivity index (χ2n) is 8.44. The Kier molecular flexibility index (Phi) is 4.53. The molecule has 1 aromatic carbocycles. The van der Waals surface area contributed by atoms with Crippen molar-refractivity contribution in [2.45, 2.75) is 20.8 Å². The van der Waals surface area contributed by atoms with E-state index in [4.69, 9.17) is 9.97 Å². The van der Waals surface area contributed by atoms with Gasteiger partial charge in [-0.1, -0.05) is 18.2 Å². The normalized spacial score (nSPS) is 20.6. The van der Waals surface area contributed by atoms with Gasteiger partial charge in [0.05, 0.1) is 5.56 Å². The summed E-state index contributed by atoms with van der Waals surface area (Å²) < 4.78 is 0. The summed E-state index contributed by atoms with van der Waals surface area (Å²) in [5.74, 6) is 2.55. The predicted octanol–water partition coefficient (Wildman–Crippen LogP) is 3.00. The van der Waals surface area contributed by atoms with E-state index in [-0.39, 0.29) is 5.91 Å². The summed E-state index contributed by atoms with van der Waals surface area (Å²) >= 11 is 0. The molecule has 4 heterocycles. The summed E-state index contributed by atoms with van der Waals surface area (Å²) in [6.45, 7) is 9.50. The molecule has 3 aromatic rings. The zero-order chi connectivity index (χ0) is 20.8. The van der Waals surface area contributed by atoms with Crippen molar-refractivity contribution in [2.75, 3.05) is 31.1 Å². The third-order valence-electron chi connectivity index (χ3n) is 6.59. The maximum atomic E-state index is 13.3. The lowest BCUT2D eigenvalue weighted by Crippen LogP contribution is -2.34. The molecule has 0 bridgehead atoms. The number of anilines is 1. The van der Waals surface area contributed by atoms with Crippen LogP contribution in [0.3, 0.4) is 0 Å². The summed E-state index contributed by atoms with van der Waals surface area (Å²) in [6.07, 6.45) is 3.49. The van der Waals surface area contributed by atoms with Crippen LogP contribution in [0.15, 0.2) is 36.7 Å². The molecule has 7 heteroatoms. The largest absolute Gasteiger partial charge is 0.345 e. The molecule has 0 spiro atoms. The van der Waals surface area contributed by atoms with Crippen LogP contribution >= 0.6 is 0 Å². The molecule has 0 saturated carbocycles. The third-order valence-corrected chi connectivity index (χ3v) is 6.59. The van der Waals surface area contributed by atoms with Crippen LogP contribution in [0.5, 0.6) is 0 Å². The number of aromatic amines is 1. The van der Waals surface area contributed by atoms with E-state index in [9.17, 15) is 4.79 Å². The number of carbonyl (C=O) groups excluding carboxylic acids is 1. The molecule has 5 rings (SSSR count). The van der Waals surface area contributed by atoms with E-state index in [1.807, 2.05) is 43.0 Å². The number of imidazole rings is 1. The minimum atomic E-state index is 0.0845. The van der Waals surface area contributed by atoms with Crippen molar-refractivity contribution in [1.29, 1.82) is 0 Å². The first-order valence-corrected chi connectivity index (χ1v) is 10.5. The molecule has 30 heavy (non-hydrogen) atoms. The number of hydrogen-bond acceptors (Lipinski definition) is 5. The zero-order valence-electron chi connectivity index (χ0n) is 17.6. The maximum Gasteiger partial charge on any atom is 0.254 e. The van der Waals surface area contributed by atoms with Gasteiger partial charge in [-0.2, -0.15) is 0 Å². The van der Waals surface area contributed by atoms with Gasteiger partial charge >= 0.3 is 0 Å². The Hall–Kier alpha value is -3.22. The average molecular weight is 403 g/mol. The van der Waals surface area contributed by atoms with Gasteiger partial charge in [-0.05, 0) is 32.4 Å². The maximum absolute atomic E-state index is 13.3. The van der Waals surface area contributed by atoms with Crippen molar-refractivity contribution >= 4 is 11.9 Å². The lowest BCUT2D eigenvalue weighted by molar-refractivity contribution is 0.0783. The molecule has 2 aliphatic heterocycles.